The lowest BCUT2D eigenvalue weighted by atomic mass is 10.1. The highest BCUT2D eigenvalue weighted by Gasteiger charge is 2.07. The second-order valence-corrected chi connectivity index (χ2v) is 5.69. The minimum Gasteiger partial charge on any atom is -0.492 e. The van der Waals surface area contributed by atoms with Crippen LogP contribution in [-0.4, -0.2) is 41.3 Å². The molecule has 3 rings (SSSR count). The predicted octanol–water partition coefficient (Wildman–Crippen LogP) is 3.11. The monoisotopic (exact) mass is 322 g/mol. The summed E-state index contributed by atoms with van der Waals surface area (Å²) < 4.78 is 5.99. The van der Waals surface area contributed by atoms with E-state index >= 15 is 0 Å². The lowest BCUT2D eigenvalue weighted by Gasteiger charge is -2.21. The van der Waals surface area contributed by atoms with Gasteiger partial charge in [-0.15, -0.1) is 0 Å². The van der Waals surface area contributed by atoms with Gasteiger partial charge in [-0.05, 0) is 23.1 Å². The molecule has 0 aliphatic carbocycles. The lowest BCUT2D eigenvalue weighted by Crippen LogP contribution is -2.30. The normalized spacial score (nSPS) is 11.1. The quantitative estimate of drug-likeness (QED) is 0.692. The minimum atomic E-state index is 0.133. The zero-order chi connectivity index (χ0) is 16.6. The van der Waals surface area contributed by atoms with E-state index in [1.165, 1.54) is 5.39 Å². The number of aromatic nitrogens is 1. The van der Waals surface area contributed by atoms with Gasteiger partial charge in [-0.2, -0.15) is 0 Å². The molecule has 0 saturated heterocycles. The highest BCUT2D eigenvalue weighted by Crippen LogP contribution is 2.25. The number of aliphatic hydroxyl groups is 1. The average molecular weight is 322 g/mol. The highest BCUT2D eigenvalue weighted by molar-refractivity contribution is 5.88. The number of nitrogens with zero attached hydrogens (tertiary/aromatic N) is 2. The Morgan fingerprint density at radius 1 is 0.958 bits per heavy atom. The van der Waals surface area contributed by atoms with Crippen LogP contribution in [0.25, 0.3) is 10.8 Å². The standard InChI is InChI=1S/C20H22N2O2/c23-13-11-22(16-17-5-4-10-21-15-17)12-14-24-20-9-3-7-18-6-1-2-8-19(18)20/h1-10,15,23H,11-14,16H2. The van der Waals surface area contributed by atoms with Crippen LogP contribution in [0.1, 0.15) is 5.56 Å². The Morgan fingerprint density at radius 3 is 2.67 bits per heavy atom. The molecule has 0 fully saturated rings. The number of pyridine rings is 1. The Kier molecular flexibility index (Phi) is 5.77. The maximum atomic E-state index is 9.27. The maximum Gasteiger partial charge on any atom is 0.127 e. The van der Waals surface area contributed by atoms with E-state index in [1.807, 2.05) is 42.6 Å². The Labute approximate surface area is 142 Å². The Balaban J connectivity index is 1.60. The van der Waals surface area contributed by atoms with Gasteiger partial charge < -0.3 is 9.84 Å². The van der Waals surface area contributed by atoms with Gasteiger partial charge in [-0.3, -0.25) is 9.88 Å². The summed E-state index contributed by atoms with van der Waals surface area (Å²) >= 11 is 0. The van der Waals surface area contributed by atoms with Gasteiger partial charge in [0.25, 0.3) is 0 Å². The molecule has 0 radical (unpaired) electrons. The summed E-state index contributed by atoms with van der Waals surface area (Å²) in [5.41, 5.74) is 1.14. The Bertz CT molecular complexity index is 756. The van der Waals surface area contributed by atoms with Gasteiger partial charge in [-0.25, -0.2) is 0 Å². The number of hydrogen-bond donors (Lipinski definition) is 1. The number of fused-ring (bicyclic) bond motifs is 1. The highest BCUT2D eigenvalue weighted by atomic mass is 16.5. The van der Waals surface area contributed by atoms with Crippen LogP contribution in [0.4, 0.5) is 0 Å². The second-order valence-electron chi connectivity index (χ2n) is 5.69. The van der Waals surface area contributed by atoms with Crippen molar-refractivity contribution in [1.82, 2.24) is 9.88 Å². The van der Waals surface area contributed by atoms with Crippen molar-refractivity contribution < 1.29 is 9.84 Å². The summed E-state index contributed by atoms with van der Waals surface area (Å²) in [6.07, 6.45) is 3.62. The molecule has 24 heavy (non-hydrogen) atoms. The summed E-state index contributed by atoms with van der Waals surface area (Å²) in [5, 5.41) is 11.6. The van der Waals surface area contributed by atoms with E-state index in [-0.39, 0.29) is 6.61 Å². The van der Waals surface area contributed by atoms with E-state index in [0.29, 0.717) is 13.2 Å². The predicted molar refractivity (Wildman–Crippen MR) is 96.0 cm³/mol. The topological polar surface area (TPSA) is 45.6 Å². The van der Waals surface area contributed by atoms with Crippen LogP contribution >= 0.6 is 0 Å². The molecule has 0 bridgehead atoms. The van der Waals surface area contributed by atoms with Gasteiger partial charge in [0.05, 0.1) is 6.61 Å². The summed E-state index contributed by atoms with van der Waals surface area (Å²) in [4.78, 5) is 6.31. The third-order valence-electron chi connectivity index (χ3n) is 3.96. The number of hydrogen-bond acceptors (Lipinski definition) is 4. The molecular formula is C20H22N2O2. The fraction of sp³-hybridized carbons (Fsp3) is 0.250. The molecule has 0 atom stereocenters. The van der Waals surface area contributed by atoms with Crippen LogP contribution in [-0.2, 0) is 6.54 Å². The molecule has 0 saturated carbocycles. The van der Waals surface area contributed by atoms with E-state index in [9.17, 15) is 5.11 Å². The summed E-state index contributed by atoms with van der Waals surface area (Å²) in [6, 6.07) is 18.3. The fourth-order valence-electron chi connectivity index (χ4n) is 2.77. The van der Waals surface area contributed by atoms with Gasteiger partial charge in [0.15, 0.2) is 0 Å². The van der Waals surface area contributed by atoms with E-state index in [4.69, 9.17) is 4.74 Å². The molecule has 4 heteroatoms. The first-order valence-electron chi connectivity index (χ1n) is 8.19. The smallest absolute Gasteiger partial charge is 0.127 e. The van der Waals surface area contributed by atoms with E-state index < -0.39 is 0 Å². The summed E-state index contributed by atoms with van der Waals surface area (Å²) in [5.74, 6) is 0.901. The molecular weight excluding hydrogens is 300 g/mol. The number of rotatable bonds is 8. The minimum absolute atomic E-state index is 0.133. The van der Waals surface area contributed by atoms with Crippen molar-refractivity contribution in [2.75, 3.05) is 26.3 Å². The third kappa shape index (κ3) is 4.31. The lowest BCUT2D eigenvalue weighted by molar-refractivity contribution is 0.163. The molecule has 1 aromatic heterocycles. The van der Waals surface area contributed by atoms with Crippen molar-refractivity contribution in [2.45, 2.75) is 6.54 Å². The van der Waals surface area contributed by atoms with E-state index in [0.717, 1.165) is 29.8 Å². The molecule has 0 aliphatic rings. The van der Waals surface area contributed by atoms with Gasteiger partial charge in [0.2, 0.25) is 0 Å². The Morgan fingerprint density at radius 2 is 1.83 bits per heavy atom. The van der Waals surface area contributed by atoms with Crippen molar-refractivity contribution in [1.29, 1.82) is 0 Å². The van der Waals surface area contributed by atoms with Crippen LogP contribution < -0.4 is 4.74 Å². The van der Waals surface area contributed by atoms with Crippen molar-refractivity contribution >= 4 is 10.8 Å². The van der Waals surface area contributed by atoms with Gasteiger partial charge in [-0.1, -0.05) is 42.5 Å². The van der Waals surface area contributed by atoms with Gasteiger partial charge >= 0.3 is 0 Å². The number of benzene rings is 2. The molecule has 4 nitrogen and oxygen atoms in total. The zero-order valence-corrected chi connectivity index (χ0v) is 13.6. The van der Waals surface area contributed by atoms with Crippen LogP contribution in [0, 0.1) is 0 Å². The molecule has 0 amide bonds. The average Bonchev–Trinajstić information content (AvgIpc) is 2.63. The fourth-order valence-corrected chi connectivity index (χ4v) is 2.77. The summed E-state index contributed by atoms with van der Waals surface area (Å²) in [6.45, 7) is 2.84. The molecule has 1 heterocycles. The molecule has 2 aromatic carbocycles. The van der Waals surface area contributed by atoms with Crippen molar-refractivity contribution in [3.63, 3.8) is 0 Å². The van der Waals surface area contributed by atoms with Crippen LogP contribution in [0.2, 0.25) is 0 Å². The first-order chi connectivity index (χ1) is 11.9. The molecule has 124 valence electrons. The molecule has 0 spiro atoms. The molecule has 3 aromatic rings. The van der Waals surface area contributed by atoms with Crippen molar-refractivity contribution in [3.8, 4) is 5.75 Å². The number of aliphatic hydroxyl groups excluding tert-OH is 1. The van der Waals surface area contributed by atoms with E-state index in [1.54, 1.807) is 6.20 Å². The first-order valence-corrected chi connectivity index (χ1v) is 8.19. The third-order valence-corrected chi connectivity index (χ3v) is 3.96. The second kappa shape index (κ2) is 8.43. The number of ether oxygens (including phenoxy) is 1. The first kappa shape index (κ1) is 16.4. The van der Waals surface area contributed by atoms with Crippen molar-refractivity contribution in [2.24, 2.45) is 0 Å². The maximum absolute atomic E-state index is 9.27. The van der Waals surface area contributed by atoms with Gasteiger partial charge in [0, 0.05) is 37.4 Å². The van der Waals surface area contributed by atoms with Crippen LogP contribution in [0.15, 0.2) is 67.0 Å². The summed E-state index contributed by atoms with van der Waals surface area (Å²) in [7, 11) is 0. The van der Waals surface area contributed by atoms with Gasteiger partial charge in [0.1, 0.15) is 12.4 Å². The van der Waals surface area contributed by atoms with Crippen LogP contribution in [0.3, 0.4) is 0 Å². The molecule has 0 aliphatic heterocycles. The Hall–Kier alpha value is -2.43. The van der Waals surface area contributed by atoms with Crippen molar-refractivity contribution in [3.05, 3.63) is 72.6 Å². The van der Waals surface area contributed by atoms with E-state index in [2.05, 4.69) is 28.1 Å². The largest absolute Gasteiger partial charge is 0.492 e. The zero-order valence-electron chi connectivity index (χ0n) is 13.6. The molecule has 0 unspecified atom stereocenters. The molecule has 1 N–H and O–H groups in total. The van der Waals surface area contributed by atoms with Crippen LogP contribution in [0.5, 0.6) is 5.75 Å². The SMILES string of the molecule is OCCN(CCOc1cccc2ccccc12)Cc1cccnc1.